The van der Waals surface area contributed by atoms with Crippen LogP contribution in [0.1, 0.15) is 143 Å². The molecule has 184 valence electrons. The molecule has 2 atom stereocenters. The summed E-state index contributed by atoms with van der Waals surface area (Å²) in [4.78, 5) is 24.3. The number of ether oxygens (including phenoxy) is 1. The van der Waals surface area contributed by atoms with E-state index in [1.54, 1.807) is 0 Å². The molecule has 1 unspecified atom stereocenters. The van der Waals surface area contributed by atoms with Crippen LogP contribution in [0.25, 0.3) is 0 Å². The lowest BCUT2D eigenvalue weighted by Gasteiger charge is -2.18. The summed E-state index contributed by atoms with van der Waals surface area (Å²) in [5, 5.41) is 11.8. The van der Waals surface area contributed by atoms with Crippen LogP contribution < -0.4 is 5.32 Å². The molecule has 0 heterocycles. The van der Waals surface area contributed by atoms with Crippen molar-refractivity contribution in [3.05, 3.63) is 0 Å². The molecule has 0 radical (unpaired) electrons. The fourth-order valence-corrected chi connectivity index (χ4v) is 3.86. The molecule has 5 heteroatoms. The van der Waals surface area contributed by atoms with Crippen LogP contribution in [0.15, 0.2) is 0 Å². The summed E-state index contributed by atoms with van der Waals surface area (Å²) in [5.74, 6) is -0.459. The Morgan fingerprint density at radius 3 is 1.68 bits per heavy atom. The first-order chi connectivity index (χ1) is 15.0. The van der Waals surface area contributed by atoms with Crippen LogP contribution >= 0.6 is 0 Å². The van der Waals surface area contributed by atoms with Gasteiger partial charge in [-0.05, 0) is 26.2 Å². The lowest BCUT2D eigenvalue weighted by Crippen LogP contribution is -2.35. The van der Waals surface area contributed by atoms with E-state index in [1.807, 2.05) is 0 Å². The molecule has 0 fully saturated rings. The molecule has 1 amide bonds. The van der Waals surface area contributed by atoms with Crippen LogP contribution in [0.2, 0.25) is 0 Å². The number of aliphatic hydroxyl groups is 1. The quantitative estimate of drug-likeness (QED) is 0.110. The van der Waals surface area contributed by atoms with Gasteiger partial charge in [-0.25, -0.2) is 0 Å². The van der Waals surface area contributed by atoms with Crippen molar-refractivity contribution in [1.29, 1.82) is 0 Å². The van der Waals surface area contributed by atoms with E-state index < -0.39 is 6.23 Å². The first kappa shape index (κ1) is 29.9. The van der Waals surface area contributed by atoms with E-state index in [9.17, 15) is 14.7 Å². The summed E-state index contributed by atoms with van der Waals surface area (Å²) < 4.78 is 5.64. The molecule has 0 aliphatic carbocycles. The van der Waals surface area contributed by atoms with E-state index in [0.717, 1.165) is 25.7 Å². The van der Waals surface area contributed by atoms with Crippen molar-refractivity contribution in [1.82, 2.24) is 5.32 Å². The Balaban J connectivity index is 4.11. The Labute approximate surface area is 192 Å². The van der Waals surface area contributed by atoms with E-state index in [-0.39, 0.29) is 24.4 Å². The average Bonchev–Trinajstić information content (AvgIpc) is 2.71. The van der Waals surface area contributed by atoms with Crippen molar-refractivity contribution in [3.63, 3.8) is 0 Å². The van der Waals surface area contributed by atoms with Crippen LogP contribution in [0.5, 0.6) is 0 Å². The zero-order valence-electron chi connectivity index (χ0n) is 20.8. The number of unbranched alkanes of at least 4 members (excludes halogenated alkanes) is 14. The molecule has 0 aromatic heterocycles. The number of esters is 1. The minimum absolute atomic E-state index is 0.130. The summed E-state index contributed by atoms with van der Waals surface area (Å²) in [6.07, 6.45) is 19.3. The van der Waals surface area contributed by atoms with Gasteiger partial charge in [-0.15, -0.1) is 0 Å². The maximum atomic E-state index is 12.2. The van der Waals surface area contributed by atoms with Crippen LogP contribution in [-0.4, -0.2) is 29.3 Å². The third kappa shape index (κ3) is 21.9. The molecule has 0 bridgehead atoms. The maximum absolute atomic E-state index is 12.2. The van der Waals surface area contributed by atoms with Gasteiger partial charge in [-0.2, -0.15) is 0 Å². The van der Waals surface area contributed by atoms with Gasteiger partial charge in [0.2, 0.25) is 5.91 Å². The number of aliphatic hydroxyl groups excluding tert-OH is 1. The minimum Gasteiger partial charge on any atom is -0.462 e. The highest BCUT2D eigenvalue weighted by Crippen LogP contribution is 2.16. The zero-order chi connectivity index (χ0) is 23.2. The molecule has 31 heavy (non-hydrogen) atoms. The molecule has 0 aromatic carbocycles. The van der Waals surface area contributed by atoms with E-state index in [2.05, 4.69) is 19.2 Å². The van der Waals surface area contributed by atoms with Gasteiger partial charge < -0.3 is 15.2 Å². The van der Waals surface area contributed by atoms with Gasteiger partial charge in [-0.1, -0.05) is 104 Å². The number of hydrogen-bond donors (Lipinski definition) is 2. The highest BCUT2D eigenvalue weighted by atomic mass is 16.5. The predicted molar refractivity (Wildman–Crippen MR) is 129 cm³/mol. The fraction of sp³-hybridized carbons (Fsp3) is 0.923. The third-order valence-corrected chi connectivity index (χ3v) is 5.70. The van der Waals surface area contributed by atoms with Gasteiger partial charge in [0.1, 0.15) is 12.3 Å². The topological polar surface area (TPSA) is 75.6 Å². The van der Waals surface area contributed by atoms with E-state index >= 15 is 0 Å². The maximum Gasteiger partial charge on any atom is 0.306 e. The Morgan fingerprint density at radius 1 is 0.742 bits per heavy atom. The standard InChI is InChI=1S/C26H51NO4/c1-4-6-8-10-12-13-15-16-18-20-24(22-25(29)27-23(3)28)31-26(30)21-19-17-14-11-9-7-5-2/h23-24,28H,4-22H2,1-3H3,(H,27,29)/t23?,24-/m1/s1. The van der Waals surface area contributed by atoms with Crippen molar-refractivity contribution in [2.75, 3.05) is 0 Å². The van der Waals surface area contributed by atoms with Crippen LogP contribution in [0, 0.1) is 0 Å². The molecule has 0 aromatic rings. The number of hydrogen-bond acceptors (Lipinski definition) is 4. The molecule has 0 saturated carbocycles. The van der Waals surface area contributed by atoms with Crippen molar-refractivity contribution < 1.29 is 19.4 Å². The highest BCUT2D eigenvalue weighted by molar-refractivity contribution is 5.77. The summed E-state index contributed by atoms with van der Waals surface area (Å²) in [7, 11) is 0. The SMILES string of the molecule is CCCCCCCCCCC[C@H](CC(=O)NC(C)O)OC(=O)CCCCCCCCC. The number of carbonyl (C=O) groups is 2. The third-order valence-electron chi connectivity index (χ3n) is 5.70. The highest BCUT2D eigenvalue weighted by Gasteiger charge is 2.19. The number of carbonyl (C=O) groups excluding carboxylic acids is 2. The second-order valence-electron chi connectivity index (χ2n) is 9.05. The largest absolute Gasteiger partial charge is 0.462 e. The molecule has 5 nitrogen and oxygen atoms in total. The monoisotopic (exact) mass is 441 g/mol. The summed E-state index contributed by atoms with van der Waals surface area (Å²) in [5.41, 5.74) is 0. The Bertz CT molecular complexity index is 426. The van der Waals surface area contributed by atoms with Crippen molar-refractivity contribution in [2.24, 2.45) is 0 Å². The molecule has 0 aliphatic rings. The molecule has 0 spiro atoms. The van der Waals surface area contributed by atoms with Gasteiger partial charge in [0, 0.05) is 6.42 Å². The van der Waals surface area contributed by atoms with E-state index in [4.69, 9.17) is 4.74 Å². The summed E-state index contributed by atoms with van der Waals surface area (Å²) in [6, 6.07) is 0. The van der Waals surface area contributed by atoms with Crippen molar-refractivity contribution >= 4 is 11.9 Å². The fourth-order valence-electron chi connectivity index (χ4n) is 3.86. The first-order valence-corrected chi connectivity index (χ1v) is 13.2. The van der Waals surface area contributed by atoms with Gasteiger partial charge in [-0.3, -0.25) is 9.59 Å². The number of nitrogens with one attached hydrogen (secondary N) is 1. The molecule has 0 rings (SSSR count). The second kappa shape index (κ2) is 22.1. The Kier molecular flexibility index (Phi) is 21.3. The number of amides is 1. The van der Waals surface area contributed by atoms with Gasteiger partial charge in [0.05, 0.1) is 6.42 Å². The lowest BCUT2D eigenvalue weighted by atomic mass is 10.0. The Morgan fingerprint density at radius 2 is 1.19 bits per heavy atom. The molecule has 2 N–H and O–H groups in total. The van der Waals surface area contributed by atoms with Crippen molar-refractivity contribution in [3.8, 4) is 0 Å². The molecule has 0 saturated heterocycles. The predicted octanol–water partition coefficient (Wildman–Crippen LogP) is 6.80. The Hall–Kier alpha value is -1.10. The van der Waals surface area contributed by atoms with Crippen LogP contribution in [-0.2, 0) is 14.3 Å². The van der Waals surface area contributed by atoms with Crippen LogP contribution in [0.3, 0.4) is 0 Å². The first-order valence-electron chi connectivity index (χ1n) is 13.2. The molecular weight excluding hydrogens is 390 g/mol. The molecule has 0 aliphatic heterocycles. The van der Waals surface area contributed by atoms with Gasteiger partial charge in [0.15, 0.2) is 0 Å². The lowest BCUT2D eigenvalue weighted by molar-refractivity contribution is -0.151. The smallest absolute Gasteiger partial charge is 0.306 e. The summed E-state index contributed by atoms with van der Waals surface area (Å²) in [6.45, 7) is 5.96. The van der Waals surface area contributed by atoms with Crippen molar-refractivity contribution in [2.45, 2.75) is 155 Å². The van der Waals surface area contributed by atoms with Gasteiger partial charge in [0.25, 0.3) is 0 Å². The minimum atomic E-state index is -0.885. The van der Waals surface area contributed by atoms with E-state index in [0.29, 0.717) is 12.8 Å². The van der Waals surface area contributed by atoms with E-state index in [1.165, 1.54) is 84.0 Å². The average molecular weight is 442 g/mol. The zero-order valence-corrected chi connectivity index (χ0v) is 20.8. The van der Waals surface area contributed by atoms with Crippen LogP contribution in [0.4, 0.5) is 0 Å². The summed E-state index contributed by atoms with van der Waals surface area (Å²) >= 11 is 0. The van der Waals surface area contributed by atoms with Gasteiger partial charge >= 0.3 is 5.97 Å². The molecular formula is C26H51NO4. The normalized spacial score (nSPS) is 13.0. The second-order valence-corrected chi connectivity index (χ2v) is 9.05. The number of rotatable bonds is 22.